The van der Waals surface area contributed by atoms with Gasteiger partial charge in [-0.3, -0.25) is 0 Å². The van der Waals surface area contributed by atoms with E-state index < -0.39 is 0 Å². The van der Waals surface area contributed by atoms with Gasteiger partial charge >= 0.3 is 0 Å². The molecule has 2 aliphatic rings. The van der Waals surface area contributed by atoms with E-state index in [0.29, 0.717) is 0 Å². The van der Waals surface area contributed by atoms with Crippen LogP contribution in [0.1, 0.15) is 46.2 Å². The Balaban J connectivity index is 1.60. The van der Waals surface area contributed by atoms with Crippen LogP contribution in [-0.2, 0) is 12.8 Å². The van der Waals surface area contributed by atoms with Crippen molar-refractivity contribution in [3.8, 4) is 12.3 Å². The van der Waals surface area contributed by atoms with Gasteiger partial charge in [0.25, 0.3) is 0 Å². The lowest BCUT2D eigenvalue weighted by Crippen LogP contribution is -1.92. The van der Waals surface area contributed by atoms with Crippen molar-refractivity contribution < 1.29 is 0 Å². The summed E-state index contributed by atoms with van der Waals surface area (Å²) in [6.45, 7) is 3.80. The average Bonchev–Trinajstić information content (AvgIpc) is 3.34. The van der Waals surface area contributed by atoms with E-state index in [9.17, 15) is 0 Å². The Labute approximate surface area is 156 Å². The molecule has 0 saturated carbocycles. The number of terminal acetylenes is 1. The predicted molar refractivity (Wildman–Crippen MR) is 113 cm³/mol. The molecule has 0 aliphatic heterocycles. The first-order valence-electron chi connectivity index (χ1n) is 9.20. The molecule has 0 unspecified atom stereocenters. The Morgan fingerprint density at radius 1 is 1.08 bits per heavy atom. The molecule has 0 heterocycles. The molecule has 0 spiro atoms. The third kappa shape index (κ3) is 3.09. The maximum atomic E-state index is 5.75. The van der Waals surface area contributed by atoms with Gasteiger partial charge in [-0.1, -0.05) is 60.6 Å². The number of hydrogen-bond acceptors (Lipinski definition) is 0. The summed E-state index contributed by atoms with van der Waals surface area (Å²) >= 11 is 0. The fraction of sp³-hybridized carbons (Fsp3) is 0.154. The van der Waals surface area contributed by atoms with Gasteiger partial charge in [0.2, 0.25) is 0 Å². The van der Waals surface area contributed by atoms with Crippen LogP contribution in [-0.4, -0.2) is 0 Å². The molecule has 0 N–H and O–H groups in total. The van der Waals surface area contributed by atoms with Crippen molar-refractivity contribution in [3.05, 3.63) is 101 Å². The molecule has 0 fully saturated rings. The SMILES string of the molecule is C#Cc1cc(C2=CC(c3ccc4c(c3)C=CC4)=CC2)ccc1CCC=C. The van der Waals surface area contributed by atoms with Crippen molar-refractivity contribution in [2.45, 2.75) is 25.7 Å². The van der Waals surface area contributed by atoms with Crippen molar-refractivity contribution in [2.75, 3.05) is 0 Å². The van der Waals surface area contributed by atoms with Crippen LogP contribution in [0.5, 0.6) is 0 Å². The molecule has 0 amide bonds. The molecule has 2 aromatic rings. The van der Waals surface area contributed by atoms with Gasteiger partial charge in [-0.25, -0.2) is 0 Å². The molecular formula is C26H22. The zero-order valence-electron chi connectivity index (χ0n) is 15.0. The quantitative estimate of drug-likeness (QED) is 0.449. The topological polar surface area (TPSA) is 0 Å². The number of benzene rings is 2. The van der Waals surface area contributed by atoms with Gasteiger partial charge in [-0.15, -0.1) is 13.0 Å². The number of hydrogen-bond donors (Lipinski definition) is 0. The summed E-state index contributed by atoms with van der Waals surface area (Å²) in [6, 6.07) is 13.3. The summed E-state index contributed by atoms with van der Waals surface area (Å²) in [5.41, 5.74) is 10.2. The first-order valence-corrected chi connectivity index (χ1v) is 9.20. The van der Waals surface area contributed by atoms with Gasteiger partial charge in [-0.2, -0.15) is 0 Å². The standard InChI is InChI=1S/C26H22/c1-3-5-7-20-10-12-23(16-19(20)4-2)25-14-15-26(18-25)24-13-11-21-8-6-9-22(21)17-24/h2-3,6,9-13,15-18H,1,5,7-8,14H2. The third-order valence-corrected chi connectivity index (χ3v) is 5.24. The minimum Gasteiger partial charge on any atom is -0.115 e. The molecule has 0 nitrogen and oxygen atoms in total. The lowest BCUT2D eigenvalue weighted by Gasteiger charge is -2.08. The Kier molecular flexibility index (Phi) is 4.46. The summed E-state index contributed by atoms with van der Waals surface area (Å²) in [6.07, 6.45) is 20.7. The maximum Gasteiger partial charge on any atom is 0.0280 e. The van der Waals surface area contributed by atoms with Crippen LogP contribution < -0.4 is 0 Å². The third-order valence-electron chi connectivity index (χ3n) is 5.24. The highest BCUT2D eigenvalue weighted by molar-refractivity contribution is 5.90. The molecule has 4 rings (SSSR count). The zero-order chi connectivity index (χ0) is 17.9. The van der Waals surface area contributed by atoms with E-state index in [1.54, 1.807) is 0 Å². The van der Waals surface area contributed by atoms with E-state index >= 15 is 0 Å². The Hall–Kier alpha value is -3.04. The highest BCUT2D eigenvalue weighted by atomic mass is 14.2. The maximum absolute atomic E-state index is 5.75. The minimum atomic E-state index is 0.953. The molecule has 0 saturated heterocycles. The number of allylic oxidation sites excluding steroid dienone is 6. The lowest BCUT2D eigenvalue weighted by molar-refractivity contribution is 0.999. The lowest BCUT2D eigenvalue weighted by atomic mass is 9.96. The van der Waals surface area contributed by atoms with E-state index in [2.05, 4.69) is 73.2 Å². The zero-order valence-corrected chi connectivity index (χ0v) is 15.0. The molecule has 0 heteroatoms. The molecule has 2 aliphatic carbocycles. The second-order valence-electron chi connectivity index (χ2n) is 6.90. The second-order valence-corrected chi connectivity index (χ2v) is 6.90. The number of rotatable bonds is 5. The summed E-state index contributed by atoms with van der Waals surface area (Å²) in [4.78, 5) is 0. The largest absolute Gasteiger partial charge is 0.115 e. The second kappa shape index (κ2) is 7.06. The van der Waals surface area contributed by atoms with Crippen LogP contribution in [0.3, 0.4) is 0 Å². The van der Waals surface area contributed by atoms with Crippen molar-refractivity contribution in [3.63, 3.8) is 0 Å². The van der Waals surface area contributed by atoms with E-state index in [1.165, 1.54) is 39.0 Å². The average molecular weight is 334 g/mol. The Bertz CT molecular complexity index is 1000. The number of aryl methyl sites for hydroxylation is 1. The van der Waals surface area contributed by atoms with Crippen LogP contribution in [0.2, 0.25) is 0 Å². The summed E-state index contributed by atoms with van der Waals surface area (Å²) in [7, 11) is 0. The van der Waals surface area contributed by atoms with Gasteiger partial charge in [0.1, 0.15) is 0 Å². The normalized spacial score (nSPS) is 14.6. The van der Waals surface area contributed by atoms with E-state index in [-0.39, 0.29) is 0 Å². The van der Waals surface area contributed by atoms with Gasteiger partial charge < -0.3 is 0 Å². The molecule has 0 aromatic heterocycles. The van der Waals surface area contributed by atoms with Crippen molar-refractivity contribution in [1.82, 2.24) is 0 Å². The van der Waals surface area contributed by atoms with Crippen molar-refractivity contribution >= 4 is 17.2 Å². The van der Waals surface area contributed by atoms with Crippen molar-refractivity contribution in [1.29, 1.82) is 0 Å². The van der Waals surface area contributed by atoms with Gasteiger partial charge in [0.05, 0.1) is 0 Å². The van der Waals surface area contributed by atoms with Crippen LogP contribution in [0.15, 0.2) is 67.3 Å². The molecule has 26 heavy (non-hydrogen) atoms. The first kappa shape index (κ1) is 16.4. The van der Waals surface area contributed by atoms with Gasteiger partial charge in [0.15, 0.2) is 0 Å². The smallest absolute Gasteiger partial charge is 0.0280 e. The van der Waals surface area contributed by atoms with E-state index in [0.717, 1.165) is 31.2 Å². The molecule has 126 valence electrons. The van der Waals surface area contributed by atoms with Crippen molar-refractivity contribution in [2.24, 2.45) is 0 Å². The highest BCUT2D eigenvalue weighted by Crippen LogP contribution is 2.34. The minimum absolute atomic E-state index is 0.953. The van der Waals surface area contributed by atoms with Crippen LogP contribution in [0, 0.1) is 12.3 Å². The summed E-state index contributed by atoms with van der Waals surface area (Å²) in [5.74, 6) is 2.85. The fourth-order valence-electron chi connectivity index (χ4n) is 3.74. The molecule has 0 atom stereocenters. The first-order chi connectivity index (χ1) is 12.8. The molecule has 0 bridgehead atoms. The van der Waals surface area contributed by atoms with E-state index in [1.807, 2.05) is 6.08 Å². The van der Waals surface area contributed by atoms with Gasteiger partial charge in [0, 0.05) is 5.56 Å². The molecule has 2 aromatic carbocycles. The fourth-order valence-corrected chi connectivity index (χ4v) is 3.74. The Morgan fingerprint density at radius 2 is 1.96 bits per heavy atom. The van der Waals surface area contributed by atoms with Crippen LogP contribution in [0.4, 0.5) is 0 Å². The highest BCUT2D eigenvalue weighted by Gasteiger charge is 2.13. The predicted octanol–water partition coefficient (Wildman–Crippen LogP) is 6.23. The summed E-state index contributed by atoms with van der Waals surface area (Å²) in [5, 5.41) is 0. The van der Waals surface area contributed by atoms with E-state index in [4.69, 9.17) is 6.42 Å². The molecule has 0 radical (unpaired) electrons. The Morgan fingerprint density at radius 3 is 2.81 bits per heavy atom. The van der Waals surface area contributed by atoms with Crippen LogP contribution in [0.25, 0.3) is 17.2 Å². The monoisotopic (exact) mass is 334 g/mol. The van der Waals surface area contributed by atoms with Crippen LogP contribution >= 0.6 is 0 Å². The van der Waals surface area contributed by atoms with Gasteiger partial charge in [-0.05, 0) is 76.8 Å². The summed E-state index contributed by atoms with van der Waals surface area (Å²) < 4.78 is 0. The number of fused-ring (bicyclic) bond motifs is 1. The molecular weight excluding hydrogens is 312 g/mol.